The second kappa shape index (κ2) is 7.64. The summed E-state index contributed by atoms with van der Waals surface area (Å²) in [5.41, 5.74) is -0.934. The van der Waals surface area contributed by atoms with Gasteiger partial charge in [-0.05, 0) is 25.0 Å². The number of hydrogen-bond donors (Lipinski definition) is 2. The monoisotopic (exact) mass is 307 g/mol. The van der Waals surface area contributed by atoms with E-state index in [1.54, 1.807) is 0 Å². The molecule has 114 valence electrons. The largest absolute Gasteiger partial charge is 0.455 e. The number of carbonyl (C=O) groups is 1. The van der Waals surface area contributed by atoms with Gasteiger partial charge in [0.15, 0.2) is 5.76 Å². The van der Waals surface area contributed by atoms with Crippen LogP contribution < -0.4 is 5.32 Å². The maximum absolute atomic E-state index is 12.0. The summed E-state index contributed by atoms with van der Waals surface area (Å²) in [5, 5.41) is 12.6. The van der Waals surface area contributed by atoms with Crippen LogP contribution in [0.25, 0.3) is 0 Å². The Balaban J connectivity index is 2.52. The zero-order chi connectivity index (χ0) is 15.2. The molecule has 0 aliphatic carbocycles. The quantitative estimate of drug-likeness (QED) is 0.775. The average molecular weight is 307 g/mol. The van der Waals surface area contributed by atoms with E-state index < -0.39 is 17.3 Å². The summed E-state index contributed by atoms with van der Waals surface area (Å²) < 4.78 is 29.2. The van der Waals surface area contributed by atoms with Gasteiger partial charge in [0.25, 0.3) is 11.7 Å². The van der Waals surface area contributed by atoms with Crippen molar-refractivity contribution < 1.29 is 23.1 Å². The zero-order valence-corrected chi connectivity index (χ0v) is 12.3. The maximum atomic E-state index is 12.0. The van der Waals surface area contributed by atoms with Crippen LogP contribution in [-0.4, -0.2) is 28.9 Å². The lowest BCUT2D eigenvalue weighted by Gasteiger charge is -2.24. The Kier molecular flexibility index (Phi) is 6.48. The van der Waals surface area contributed by atoms with E-state index in [2.05, 4.69) is 5.32 Å². The number of carbonyl (C=O) groups excluding carboxylic acids is 1. The van der Waals surface area contributed by atoms with Crippen molar-refractivity contribution in [1.29, 1.82) is 0 Å². The number of aliphatic hydroxyl groups is 1. The summed E-state index contributed by atoms with van der Waals surface area (Å²) in [6, 6.07) is 2.93. The lowest BCUT2D eigenvalue weighted by Crippen LogP contribution is -2.41. The van der Waals surface area contributed by atoms with E-state index in [1.807, 2.05) is 13.8 Å². The van der Waals surface area contributed by atoms with E-state index in [-0.39, 0.29) is 18.1 Å². The van der Waals surface area contributed by atoms with E-state index >= 15 is 0 Å². The van der Waals surface area contributed by atoms with Crippen molar-refractivity contribution in [2.24, 2.45) is 0 Å². The molecule has 1 rings (SSSR count). The fourth-order valence-electron chi connectivity index (χ4n) is 1.55. The molecule has 0 fully saturated rings. The summed E-state index contributed by atoms with van der Waals surface area (Å²) >= 11 is 0.435. The lowest BCUT2D eigenvalue weighted by molar-refractivity contribution is 0.0309. The highest BCUT2D eigenvalue weighted by Gasteiger charge is 2.23. The molecule has 1 aromatic heterocycles. The van der Waals surface area contributed by atoms with Gasteiger partial charge >= 0.3 is 0 Å². The molecule has 0 atom stereocenters. The van der Waals surface area contributed by atoms with Crippen LogP contribution in [0.2, 0.25) is 0 Å². The Labute approximate surface area is 120 Å². The van der Waals surface area contributed by atoms with Gasteiger partial charge in [0.2, 0.25) is 0 Å². The van der Waals surface area contributed by atoms with Gasteiger partial charge in [-0.3, -0.25) is 4.79 Å². The number of nitrogens with one attached hydrogen (secondary N) is 1. The third kappa shape index (κ3) is 5.13. The molecule has 0 unspecified atom stereocenters. The first kappa shape index (κ1) is 17.0. The molecule has 0 spiro atoms. The Morgan fingerprint density at radius 2 is 2.10 bits per heavy atom. The van der Waals surface area contributed by atoms with Crippen LogP contribution in [0.5, 0.6) is 0 Å². The number of rotatable bonds is 8. The van der Waals surface area contributed by atoms with Crippen LogP contribution in [-0.2, 0) is 5.75 Å². The predicted octanol–water partition coefficient (Wildman–Crippen LogP) is 3.02. The molecule has 0 saturated heterocycles. The molecule has 1 amide bonds. The van der Waals surface area contributed by atoms with Crippen molar-refractivity contribution in [3.8, 4) is 0 Å². The number of halogens is 2. The van der Waals surface area contributed by atoms with Gasteiger partial charge in [-0.15, -0.1) is 0 Å². The topological polar surface area (TPSA) is 62.5 Å². The molecule has 0 aliphatic rings. The van der Waals surface area contributed by atoms with Crippen molar-refractivity contribution in [2.45, 2.75) is 43.8 Å². The SMILES string of the molecule is CCC(O)(CC)CNC(=O)c1ccc(CSC(F)F)o1. The molecule has 0 saturated carbocycles. The number of hydrogen-bond acceptors (Lipinski definition) is 4. The minimum absolute atomic E-state index is 0.0127. The van der Waals surface area contributed by atoms with Gasteiger partial charge in [-0.25, -0.2) is 0 Å². The zero-order valence-electron chi connectivity index (χ0n) is 11.5. The summed E-state index contributed by atoms with van der Waals surface area (Å²) in [5.74, 6) is -2.54. The summed E-state index contributed by atoms with van der Waals surface area (Å²) in [6.45, 7) is 3.80. The molecule has 0 aliphatic heterocycles. The van der Waals surface area contributed by atoms with Crippen molar-refractivity contribution in [3.05, 3.63) is 23.7 Å². The lowest BCUT2D eigenvalue weighted by atomic mass is 9.97. The molecule has 4 nitrogen and oxygen atoms in total. The highest BCUT2D eigenvalue weighted by Crippen LogP contribution is 2.21. The van der Waals surface area contributed by atoms with Gasteiger partial charge in [0.1, 0.15) is 5.76 Å². The smallest absolute Gasteiger partial charge is 0.287 e. The van der Waals surface area contributed by atoms with Gasteiger partial charge in [0.05, 0.1) is 11.4 Å². The standard InChI is InChI=1S/C13H19F2NO3S/c1-3-13(18,4-2)8-16-11(17)10-6-5-9(19-10)7-20-12(14)15/h5-6,12,18H,3-4,7-8H2,1-2H3,(H,16,17). The van der Waals surface area contributed by atoms with Crippen molar-refractivity contribution in [3.63, 3.8) is 0 Å². The van der Waals surface area contributed by atoms with Gasteiger partial charge < -0.3 is 14.8 Å². The molecular weight excluding hydrogens is 288 g/mol. The first-order valence-electron chi connectivity index (χ1n) is 6.39. The average Bonchev–Trinajstić information content (AvgIpc) is 2.91. The van der Waals surface area contributed by atoms with Gasteiger partial charge in [0, 0.05) is 6.54 Å². The third-order valence-electron chi connectivity index (χ3n) is 3.13. The third-order valence-corrected chi connectivity index (χ3v) is 3.83. The van der Waals surface area contributed by atoms with Crippen LogP contribution in [0, 0.1) is 0 Å². The summed E-state index contributed by atoms with van der Waals surface area (Å²) in [6.07, 6.45) is 1.05. The van der Waals surface area contributed by atoms with Gasteiger partial charge in [-0.2, -0.15) is 8.78 Å². The Morgan fingerprint density at radius 1 is 1.45 bits per heavy atom. The van der Waals surface area contributed by atoms with E-state index in [0.29, 0.717) is 30.4 Å². The van der Waals surface area contributed by atoms with Crippen LogP contribution in [0.3, 0.4) is 0 Å². The molecule has 0 radical (unpaired) electrons. The minimum Gasteiger partial charge on any atom is -0.455 e. The molecule has 7 heteroatoms. The first-order valence-corrected chi connectivity index (χ1v) is 7.44. The Bertz CT molecular complexity index is 433. The van der Waals surface area contributed by atoms with Gasteiger partial charge in [-0.1, -0.05) is 25.6 Å². The molecular formula is C13H19F2NO3S. The fourth-order valence-corrected chi connectivity index (χ4v) is 2.00. The number of thioether (sulfide) groups is 1. The minimum atomic E-state index is -2.47. The first-order chi connectivity index (χ1) is 9.40. The summed E-state index contributed by atoms with van der Waals surface area (Å²) in [4.78, 5) is 11.8. The predicted molar refractivity (Wildman–Crippen MR) is 73.9 cm³/mol. The molecule has 0 bridgehead atoms. The molecule has 1 aromatic rings. The van der Waals surface area contributed by atoms with Crippen molar-refractivity contribution in [2.75, 3.05) is 6.54 Å². The molecule has 2 N–H and O–H groups in total. The molecule has 1 heterocycles. The Hall–Kier alpha value is -1.08. The van der Waals surface area contributed by atoms with Crippen LogP contribution in [0.1, 0.15) is 43.0 Å². The van der Waals surface area contributed by atoms with E-state index in [9.17, 15) is 18.7 Å². The van der Waals surface area contributed by atoms with Crippen LogP contribution in [0.4, 0.5) is 8.78 Å². The molecule has 20 heavy (non-hydrogen) atoms. The van der Waals surface area contributed by atoms with Crippen molar-refractivity contribution in [1.82, 2.24) is 5.32 Å². The van der Waals surface area contributed by atoms with Crippen LogP contribution >= 0.6 is 11.8 Å². The van der Waals surface area contributed by atoms with E-state index in [0.717, 1.165) is 0 Å². The second-order valence-electron chi connectivity index (χ2n) is 4.45. The van der Waals surface area contributed by atoms with E-state index in [4.69, 9.17) is 4.42 Å². The molecule has 0 aromatic carbocycles. The number of alkyl halides is 2. The second-order valence-corrected chi connectivity index (χ2v) is 5.43. The Morgan fingerprint density at radius 3 is 2.65 bits per heavy atom. The highest BCUT2D eigenvalue weighted by atomic mass is 32.2. The van der Waals surface area contributed by atoms with Crippen molar-refractivity contribution >= 4 is 17.7 Å². The normalized spacial score (nSPS) is 11.9. The number of amides is 1. The number of furan rings is 1. The van der Waals surface area contributed by atoms with Crippen LogP contribution in [0.15, 0.2) is 16.5 Å². The van der Waals surface area contributed by atoms with E-state index in [1.165, 1.54) is 12.1 Å². The summed E-state index contributed by atoms with van der Waals surface area (Å²) in [7, 11) is 0. The fraction of sp³-hybridized carbons (Fsp3) is 0.615. The maximum Gasteiger partial charge on any atom is 0.287 e. The highest BCUT2D eigenvalue weighted by molar-refractivity contribution is 7.98.